The number of piperidine rings is 1. The van der Waals surface area contributed by atoms with Gasteiger partial charge in [-0.15, -0.1) is 0 Å². The average molecular weight is 379 g/mol. The summed E-state index contributed by atoms with van der Waals surface area (Å²) in [7, 11) is 0. The van der Waals surface area contributed by atoms with E-state index in [1.807, 2.05) is 0 Å². The quantitative estimate of drug-likeness (QED) is 0.367. The molecule has 156 valence electrons. The second-order valence-corrected chi connectivity index (χ2v) is 8.86. The van der Waals surface area contributed by atoms with Gasteiger partial charge in [0.15, 0.2) is 5.96 Å². The molecule has 3 aliphatic rings. The topological polar surface area (TPSA) is 48.9 Å². The van der Waals surface area contributed by atoms with E-state index in [0.717, 1.165) is 44.1 Å². The molecule has 0 radical (unpaired) electrons. The second kappa shape index (κ2) is 11.9. The first kappa shape index (κ1) is 20.9. The van der Waals surface area contributed by atoms with E-state index in [4.69, 9.17) is 9.73 Å². The van der Waals surface area contributed by atoms with E-state index in [1.165, 1.54) is 83.8 Å². The molecule has 0 aromatic heterocycles. The third-order valence-electron chi connectivity index (χ3n) is 6.58. The van der Waals surface area contributed by atoms with Crippen LogP contribution in [0, 0.1) is 11.8 Å². The van der Waals surface area contributed by atoms with Gasteiger partial charge in [0.1, 0.15) is 0 Å². The van der Waals surface area contributed by atoms with Crippen molar-refractivity contribution in [3.63, 3.8) is 0 Å². The Labute approximate surface area is 166 Å². The van der Waals surface area contributed by atoms with Crippen LogP contribution in [-0.2, 0) is 4.74 Å². The van der Waals surface area contributed by atoms with Gasteiger partial charge in [-0.25, -0.2) is 0 Å². The van der Waals surface area contributed by atoms with E-state index in [0.29, 0.717) is 6.04 Å². The summed E-state index contributed by atoms with van der Waals surface area (Å²) in [6, 6.07) is 0.567. The molecule has 0 bridgehead atoms. The maximum atomic E-state index is 5.52. The summed E-state index contributed by atoms with van der Waals surface area (Å²) in [5.74, 6) is 2.81. The van der Waals surface area contributed by atoms with Crippen molar-refractivity contribution in [3.8, 4) is 0 Å². The monoisotopic (exact) mass is 378 g/mol. The summed E-state index contributed by atoms with van der Waals surface area (Å²) in [5.41, 5.74) is 0. The molecule has 2 saturated heterocycles. The van der Waals surface area contributed by atoms with Crippen molar-refractivity contribution in [2.24, 2.45) is 16.8 Å². The fraction of sp³-hybridized carbons (Fsp3) is 0.955. The normalized spacial score (nSPS) is 26.0. The van der Waals surface area contributed by atoms with Crippen LogP contribution in [0.25, 0.3) is 0 Å². The van der Waals surface area contributed by atoms with E-state index in [2.05, 4.69) is 22.5 Å². The van der Waals surface area contributed by atoms with Crippen molar-refractivity contribution < 1.29 is 4.74 Å². The van der Waals surface area contributed by atoms with Gasteiger partial charge in [0.25, 0.3) is 0 Å². The van der Waals surface area contributed by atoms with Gasteiger partial charge < -0.3 is 20.3 Å². The van der Waals surface area contributed by atoms with Crippen LogP contribution in [0.4, 0.5) is 0 Å². The summed E-state index contributed by atoms with van der Waals surface area (Å²) >= 11 is 0. The Bertz CT molecular complexity index is 422. The molecule has 1 saturated carbocycles. The van der Waals surface area contributed by atoms with Crippen molar-refractivity contribution >= 4 is 5.96 Å². The Morgan fingerprint density at radius 1 is 1.04 bits per heavy atom. The highest BCUT2D eigenvalue weighted by atomic mass is 16.5. The summed E-state index contributed by atoms with van der Waals surface area (Å²) in [6.45, 7) is 9.62. The molecule has 1 unspecified atom stereocenters. The van der Waals surface area contributed by atoms with Gasteiger partial charge in [-0.3, -0.25) is 4.99 Å². The molecule has 0 amide bonds. The Morgan fingerprint density at radius 2 is 1.85 bits per heavy atom. The van der Waals surface area contributed by atoms with Gasteiger partial charge in [0.2, 0.25) is 0 Å². The van der Waals surface area contributed by atoms with E-state index in [1.54, 1.807) is 0 Å². The Kier molecular flexibility index (Phi) is 9.22. The standard InChI is InChI=1S/C22H42N4O/c1-2-23-22(24-13-6-5-9-19-7-3-4-8-19)25-21-10-14-26(15-11-21)17-20-12-16-27-18-20/h19-21H,2-18H2,1H3,(H2,23,24,25). The number of hydrogen-bond donors (Lipinski definition) is 2. The summed E-state index contributed by atoms with van der Waals surface area (Å²) in [5, 5.41) is 7.13. The van der Waals surface area contributed by atoms with Crippen LogP contribution in [0.3, 0.4) is 0 Å². The van der Waals surface area contributed by atoms with Crippen LogP contribution in [-0.4, -0.2) is 62.8 Å². The van der Waals surface area contributed by atoms with Crippen LogP contribution in [0.5, 0.6) is 0 Å². The maximum absolute atomic E-state index is 5.52. The molecule has 0 aromatic rings. The molecule has 0 spiro atoms. The molecule has 0 aromatic carbocycles. The predicted molar refractivity (Wildman–Crippen MR) is 113 cm³/mol. The van der Waals surface area contributed by atoms with Crippen molar-refractivity contribution in [3.05, 3.63) is 0 Å². The van der Waals surface area contributed by atoms with Crippen molar-refractivity contribution in [2.75, 3.05) is 45.9 Å². The molecule has 2 aliphatic heterocycles. The average Bonchev–Trinajstić information content (AvgIpc) is 3.37. The minimum Gasteiger partial charge on any atom is -0.381 e. The highest BCUT2D eigenvalue weighted by molar-refractivity contribution is 5.80. The molecule has 5 nitrogen and oxygen atoms in total. The summed E-state index contributed by atoms with van der Waals surface area (Å²) < 4.78 is 5.52. The molecule has 3 fully saturated rings. The maximum Gasteiger partial charge on any atom is 0.191 e. The highest BCUT2D eigenvalue weighted by Crippen LogP contribution is 2.28. The zero-order chi connectivity index (χ0) is 18.7. The van der Waals surface area contributed by atoms with Crippen LogP contribution in [0.15, 0.2) is 4.99 Å². The zero-order valence-electron chi connectivity index (χ0n) is 17.6. The van der Waals surface area contributed by atoms with Gasteiger partial charge in [-0.05, 0) is 44.4 Å². The van der Waals surface area contributed by atoms with Crippen molar-refractivity contribution in [1.82, 2.24) is 15.5 Å². The number of guanidine groups is 1. The molecule has 5 heteroatoms. The molecule has 2 N–H and O–H groups in total. The number of likely N-dealkylation sites (tertiary alicyclic amines) is 1. The van der Waals surface area contributed by atoms with Crippen LogP contribution in [0.1, 0.15) is 71.1 Å². The van der Waals surface area contributed by atoms with Crippen molar-refractivity contribution in [2.45, 2.75) is 77.2 Å². The first-order valence-electron chi connectivity index (χ1n) is 11.7. The Hall–Kier alpha value is -0.810. The van der Waals surface area contributed by atoms with Gasteiger partial charge in [0.05, 0.1) is 6.61 Å². The fourth-order valence-corrected chi connectivity index (χ4v) is 4.90. The van der Waals surface area contributed by atoms with Crippen molar-refractivity contribution in [1.29, 1.82) is 0 Å². The molecule has 1 aliphatic carbocycles. The van der Waals surface area contributed by atoms with E-state index >= 15 is 0 Å². The lowest BCUT2D eigenvalue weighted by atomic mass is 10.0. The minimum atomic E-state index is 0.567. The minimum absolute atomic E-state index is 0.567. The zero-order valence-corrected chi connectivity index (χ0v) is 17.6. The Morgan fingerprint density at radius 3 is 2.56 bits per heavy atom. The lowest BCUT2D eigenvalue weighted by Crippen LogP contribution is -2.49. The van der Waals surface area contributed by atoms with Crippen LogP contribution in [0.2, 0.25) is 0 Å². The third kappa shape index (κ3) is 7.61. The van der Waals surface area contributed by atoms with Crippen LogP contribution < -0.4 is 10.6 Å². The number of ether oxygens (including phenoxy) is 1. The van der Waals surface area contributed by atoms with E-state index in [9.17, 15) is 0 Å². The highest BCUT2D eigenvalue weighted by Gasteiger charge is 2.24. The third-order valence-corrected chi connectivity index (χ3v) is 6.58. The summed E-state index contributed by atoms with van der Waals surface area (Å²) in [4.78, 5) is 7.47. The number of nitrogens with one attached hydrogen (secondary N) is 2. The predicted octanol–water partition coefficient (Wildman–Crippen LogP) is 3.40. The molecule has 1 atom stereocenters. The smallest absolute Gasteiger partial charge is 0.191 e. The second-order valence-electron chi connectivity index (χ2n) is 8.86. The number of unbranched alkanes of at least 4 members (excludes halogenated alkanes) is 1. The lowest BCUT2D eigenvalue weighted by Gasteiger charge is -2.34. The molecular weight excluding hydrogens is 336 g/mol. The van der Waals surface area contributed by atoms with Crippen LogP contribution >= 0.6 is 0 Å². The molecular formula is C22H42N4O. The molecule has 27 heavy (non-hydrogen) atoms. The first-order chi connectivity index (χ1) is 13.3. The number of rotatable bonds is 9. The molecule has 3 rings (SSSR count). The largest absolute Gasteiger partial charge is 0.381 e. The van der Waals surface area contributed by atoms with Gasteiger partial charge >= 0.3 is 0 Å². The summed E-state index contributed by atoms with van der Waals surface area (Å²) in [6.07, 6.45) is 13.6. The Balaban J connectivity index is 1.31. The molecule has 2 heterocycles. The lowest BCUT2D eigenvalue weighted by molar-refractivity contribution is 0.150. The number of nitrogens with zero attached hydrogens (tertiary/aromatic N) is 2. The van der Waals surface area contributed by atoms with Gasteiger partial charge in [-0.1, -0.05) is 38.5 Å². The number of aliphatic imine (C=N–C) groups is 1. The van der Waals surface area contributed by atoms with Gasteiger partial charge in [-0.2, -0.15) is 0 Å². The number of hydrogen-bond acceptors (Lipinski definition) is 3. The van der Waals surface area contributed by atoms with Gasteiger partial charge in [0, 0.05) is 45.4 Å². The fourth-order valence-electron chi connectivity index (χ4n) is 4.90. The first-order valence-corrected chi connectivity index (χ1v) is 11.7. The van der Waals surface area contributed by atoms with E-state index < -0.39 is 0 Å². The SMILES string of the molecule is CCNC(=NCCCCC1CCCC1)NC1CCN(CC2CCOC2)CC1. The van der Waals surface area contributed by atoms with E-state index in [-0.39, 0.29) is 0 Å².